The molecule has 150 valence electrons. The van der Waals surface area contributed by atoms with Crippen molar-refractivity contribution in [1.29, 1.82) is 0 Å². The third-order valence-corrected chi connectivity index (χ3v) is 4.84. The topological polar surface area (TPSA) is 102 Å². The fourth-order valence-electron chi connectivity index (χ4n) is 3.49. The molecule has 1 aromatic carbocycles. The van der Waals surface area contributed by atoms with Crippen molar-refractivity contribution < 1.29 is 4.79 Å². The van der Waals surface area contributed by atoms with Gasteiger partial charge in [-0.25, -0.2) is 4.68 Å². The second-order valence-corrected chi connectivity index (χ2v) is 7.14. The zero-order valence-corrected chi connectivity index (χ0v) is 16.4. The lowest BCUT2D eigenvalue weighted by molar-refractivity contribution is -0.117. The van der Waals surface area contributed by atoms with E-state index in [-0.39, 0.29) is 18.0 Å². The van der Waals surface area contributed by atoms with E-state index in [4.69, 9.17) is 0 Å². The molecule has 1 N–H and O–H groups in total. The number of anilines is 2. The maximum atomic E-state index is 13.1. The number of aromatic nitrogens is 6. The maximum Gasteiger partial charge on any atom is 0.291 e. The molecule has 0 aliphatic rings. The predicted octanol–water partition coefficient (Wildman–Crippen LogP) is 1.40. The van der Waals surface area contributed by atoms with Crippen molar-refractivity contribution in [3.8, 4) is 0 Å². The highest BCUT2D eigenvalue weighted by Gasteiger charge is 2.17. The first-order valence-electron chi connectivity index (χ1n) is 9.29. The van der Waals surface area contributed by atoms with Crippen LogP contribution in [0.1, 0.15) is 0 Å². The summed E-state index contributed by atoms with van der Waals surface area (Å²) in [6, 6.07) is 13.0. The first kappa shape index (κ1) is 17.9. The molecule has 0 spiro atoms. The number of carbonyl (C=O) groups excluding carboxylic acids is 1. The summed E-state index contributed by atoms with van der Waals surface area (Å²) >= 11 is 0. The predicted molar refractivity (Wildman–Crippen MR) is 113 cm³/mol. The molecule has 0 unspecified atom stereocenters. The van der Waals surface area contributed by atoms with Gasteiger partial charge in [-0.15, -0.1) is 15.3 Å². The zero-order chi connectivity index (χ0) is 20.8. The number of carbonyl (C=O) groups is 1. The molecule has 4 heterocycles. The van der Waals surface area contributed by atoms with Crippen LogP contribution in [-0.4, -0.2) is 48.8 Å². The minimum Gasteiger partial charge on any atom is -0.347 e. The fourth-order valence-corrected chi connectivity index (χ4v) is 3.49. The third-order valence-electron chi connectivity index (χ3n) is 4.84. The van der Waals surface area contributed by atoms with E-state index < -0.39 is 0 Å². The lowest BCUT2D eigenvalue weighted by Crippen LogP contribution is -2.33. The number of amides is 1. The van der Waals surface area contributed by atoms with Gasteiger partial charge in [0.15, 0.2) is 5.65 Å². The van der Waals surface area contributed by atoms with E-state index in [0.717, 1.165) is 10.9 Å². The molecule has 0 saturated heterocycles. The molecule has 10 heteroatoms. The molecule has 5 rings (SSSR count). The van der Waals surface area contributed by atoms with Crippen molar-refractivity contribution in [3.05, 3.63) is 65.3 Å². The van der Waals surface area contributed by atoms with Gasteiger partial charge >= 0.3 is 0 Å². The lowest BCUT2D eigenvalue weighted by atomic mass is 10.2. The number of hydrogen-bond donors (Lipinski definition) is 1. The molecular formula is C20H18N8O2. The van der Waals surface area contributed by atoms with Gasteiger partial charge in [-0.2, -0.15) is 0 Å². The maximum absolute atomic E-state index is 13.1. The molecule has 30 heavy (non-hydrogen) atoms. The van der Waals surface area contributed by atoms with E-state index in [0.29, 0.717) is 22.8 Å². The third kappa shape index (κ3) is 2.85. The van der Waals surface area contributed by atoms with E-state index >= 15 is 0 Å². The Kier molecular flexibility index (Phi) is 3.98. The summed E-state index contributed by atoms with van der Waals surface area (Å²) in [7, 11) is 3.69. The van der Waals surface area contributed by atoms with E-state index in [1.54, 1.807) is 29.1 Å². The minimum atomic E-state index is -0.359. The van der Waals surface area contributed by atoms with Gasteiger partial charge in [0.05, 0.1) is 11.2 Å². The van der Waals surface area contributed by atoms with Crippen LogP contribution in [-0.2, 0) is 11.3 Å². The summed E-state index contributed by atoms with van der Waals surface area (Å²) in [6.07, 6.45) is 3.25. The van der Waals surface area contributed by atoms with Crippen LogP contribution in [0.5, 0.6) is 0 Å². The quantitative estimate of drug-likeness (QED) is 0.488. The van der Waals surface area contributed by atoms with Crippen LogP contribution in [0.25, 0.3) is 22.1 Å². The Hall–Kier alpha value is -4.21. The summed E-state index contributed by atoms with van der Waals surface area (Å²) in [5.74, 6) is 0.201. The van der Waals surface area contributed by atoms with Crippen molar-refractivity contribution >= 4 is 39.6 Å². The molecule has 0 radical (unpaired) electrons. The number of nitrogens with zero attached hydrogens (tertiary/aromatic N) is 7. The highest BCUT2D eigenvalue weighted by molar-refractivity contribution is 5.91. The van der Waals surface area contributed by atoms with Crippen molar-refractivity contribution in [2.24, 2.45) is 0 Å². The second-order valence-electron chi connectivity index (χ2n) is 7.14. The molecule has 0 aliphatic heterocycles. The second kappa shape index (κ2) is 6.69. The van der Waals surface area contributed by atoms with Crippen molar-refractivity contribution in [2.75, 3.05) is 24.3 Å². The van der Waals surface area contributed by atoms with Crippen molar-refractivity contribution in [1.82, 2.24) is 28.8 Å². The Morgan fingerprint density at radius 1 is 1.13 bits per heavy atom. The molecular weight excluding hydrogens is 384 g/mol. The molecule has 0 atom stereocenters. The van der Waals surface area contributed by atoms with Gasteiger partial charge in [0.25, 0.3) is 5.56 Å². The van der Waals surface area contributed by atoms with Crippen LogP contribution in [0, 0.1) is 0 Å². The standard InChI is InChI=1S/C20H18N8O2/c1-25(2)20-24-27(19(30)16-9-13-5-3-4-6-15(13)28(16)20)11-18(29)22-14-7-8-17-23-21-12-26(17)10-14/h3-10,12H,11H2,1-2H3,(H,22,29). The Morgan fingerprint density at radius 2 is 1.97 bits per heavy atom. The van der Waals surface area contributed by atoms with Crippen molar-refractivity contribution in [2.45, 2.75) is 6.54 Å². The minimum absolute atomic E-state index is 0.210. The van der Waals surface area contributed by atoms with Gasteiger partial charge in [-0.05, 0) is 24.3 Å². The molecule has 10 nitrogen and oxygen atoms in total. The van der Waals surface area contributed by atoms with Crippen LogP contribution < -0.4 is 15.8 Å². The molecule has 4 aromatic heterocycles. The zero-order valence-electron chi connectivity index (χ0n) is 16.4. The Balaban J connectivity index is 1.53. The summed E-state index contributed by atoms with van der Waals surface area (Å²) in [5, 5.41) is 15.9. The highest BCUT2D eigenvalue weighted by Crippen LogP contribution is 2.22. The van der Waals surface area contributed by atoms with Gasteiger partial charge in [0, 0.05) is 25.7 Å². The fraction of sp³-hybridized carbons (Fsp3) is 0.150. The molecule has 0 fully saturated rings. The molecule has 0 bridgehead atoms. The number of fused-ring (bicyclic) bond motifs is 4. The Morgan fingerprint density at radius 3 is 2.80 bits per heavy atom. The number of pyridine rings is 1. The van der Waals surface area contributed by atoms with Crippen LogP contribution in [0.3, 0.4) is 0 Å². The Labute approximate surface area is 170 Å². The largest absolute Gasteiger partial charge is 0.347 e. The van der Waals surface area contributed by atoms with Crippen LogP contribution in [0.4, 0.5) is 11.6 Å². The smallest absolute Gasteiger partial charge is 0.291 e. The Bertz CT molecular complexity index is 1480. The average Bonchev–Trinajstić information content (AvgIpc) is 3.34. The molecule has 0 aliphatic carbocycles. The van der Waals surface area contributed by atoms with Crippen LogP contribution >= 0.6 is 0 Å². The number of benzene rings is 1. The van der Waals surface area contributed by atoms with Crippen LogP contribution in [0.2, 0.25) is 0 Å². The van der Waals surface area contributed by atoms with Gasteiger partial charge < -0.3 is 10.2 Å². The molecule has 5 aromatic rings. The lowest BCUT2D eigenvalue weighted by Gasteiger charge is -2.16. The van der Waals surface area contributed by atoms with E-state index in [1.807, 2.05) is 53.7 Å². The normalized spacial score (nSPS) is 11.4. The summed E-state index contributed by atoms with van der Waals surface area (Å²) in [5.41, 5.74) is 2.27. The first-order valence-corrected chi connectivity index (χ1v) is 9.29. The number of rotatable bonds is 4. The van der Waals surface area contributed by atoms with Gasteiger partial charge in [-0.1, -0.05) is 18.2 Å². The van der Waals surface area contributed by atoms with Crippen LogP contribution in [0.15, 0.2) is 59.8 Å². The SMILES string of the molecule is CN(C)c1nn(CC(=O)Nc2ccc3nncn3c2)c(=O)c2cc3ccccc3n12. The first-order chi connectivity index (χ1) is 14.5. The highest BCUT2D eigenvalue weighted by atomic mass is 16.2. The summed E-state index contributed by atoms with van der Waals surface area (Å²) in [6.45, 7) is -0.210. The monoisotopic (exact) mass is 402 g/mol. The number of para-hydroxylation sites is 1. The molecule has 1 amide bonds. The average molecular weight is 402 g/mol. The van der Waals surface area contributed by atoms with Gasteiger partial charge in [0.2, 0.25) is 11.9 Å². The van der Waals surface area contributed by atoms with Gasteiger partial charge in [-0.3, -0.25) is 18.4 Å². The summed E-state index contributed by atoms with van der Waals surface area (Å²) < 4.78 is 4.70. The van der Waals surface area contributed by atoms with Crippen molar-refractivity contribution in [3.63, 3.8) is 0 Å². The number of nitrogens with one attached hydrogen (secondary N) is 1. The van der Waals surface area contributed by atoms with E-state index in [1.165, 1.54) is 4.68 Å². The van der Waals surface area contributed by atoms with E-state index in [9.17, 15) is 9.59 Å². The van der Waals surface area contributed by atoms with Gasteiger partial charge in [0.1, 0.15) is 18.4 Å². The van der Waals surface area contributed by atoms with E-state index in [2.05, 4.69) is 20.6 Å². The number of hydrogen-bond acceptors (Lipinski definition) is 6. The molecule has 0 saturated carbocycles. The summed E-state index contributed by atoms with van der Waals surface area (Å²) in [4.78, 5) is 27.5.